The van der Waals surface area contributed by atoms with Crippen LogP contribution >= 0.6 is 0 Å². The number of carbonyl (C=O) groups is 1. The van der Waals surface area contributed by atoms with Crippen molar-refractivity contribution in [1.29, 1.82) is 0 Å². The Kier molecular flexibility index (Phi) is 7.83. The van der Waals surface area contributed by atoms with E-state index in [0.717, 1.165) is 0 Å². The van der Waals surface area contributed by atoms with Gasteiger partial charge in [-0.25, -0.2) is 4.79 Å². The number of rotatable bonds is 7. The summed E-state index contributed by atoms with van der Waals surface area (Å²) in [7, 11) is 1.38. The Morgan fingerprint density at radius 2 is 1.88 bits per heavy atom. The number of methoxy groups -OCH3 is 1. The zero-order valence-corrected chi connectivity index (χ0v) is 11.5. The maximum Gasteiger partial charge on any atom is 0.333 e. The highest BCUT2D eigenvalue weighted by Gasteiger charge is 2.09. The Morgan fingerprint density at radius 3 is 2.35 bits per heavy atom. The first kappa shape index (κ1) is 16.1. The monoisotopic (exact) mass is 244 g/mol. The molecular weight excluding hydrogens is 220 g/mol. The lowest BCUT2D eigenvalue weighted by molar-refractivity contribution is -0.136. The summed E-state index contributed by atoms with van der Waals surface area (Å²) in [5.74, 6) is -0.290. The van der Waals surface area contributed by atoms with E-state index in [1.54, 1.807) is 6.08 Å². The van der Waals surface area contributed by atoms with Crippen LogP contribution in [0.15, 0.2) is 11.6 Å². The molecule has 0 bridgehead atoms. The van der Waals surface area contributed by atoms with Gasteiger partial charge in [-0.15, -0.1) is 0 Å². The molecular formula is C13H24O4. The summed E-state index contributed by atoms with van der Waals surface area (Å²) in [5.41, 5.74) is 0.504. The van der Waals surface area contributed by atoms with Crippen LogP contribution in [0.1, 0.15) is 34.1 Å². The molecule has 0 aromatic rings. The smallest absolute Gasteiger partial charge is 0.333 e. The molecule has 100 valence electrons. The lowest BCUT2D eigenvalue weighted by Gasteiger charge is -2.19. The molecule has 0 amide bonds. The van der Waals surface area contributed by atoms with Crippen molar-refractivity contribution in [1.82, 2.24) is 0 Å². The quantitative estimate of drug-likeness (QED) is 0.392. The first-order valence-electron chi connectivity index (χ1n) is 5.89. The van der Waals surface area contributed by atoms with Crippen LogP contribution in [0, 0.1) is 0 Å². The highest BCUT2D eigenvalue weighted by Crippen LogP contribution is 2.06. The second kappa shape index (κ2) is 8.25. The van der Waals surface area contributed by atoms with E-state index in [9.17, 15) is 4.79 Å². The van der Waals surface area contributed by atoms with Gasteiger partial charge in [0.25, 0.3) is 0 Å². The van der Waals surface area contributed by atoms with E-state index in [1.165, 1.54) is 7.11 Å². The van der Waals surface area contributed by atoms with Crippen LogP contribution < -0.4 is 0 Å². The van der Waals surface area contributed by atoms with E-state index in [0.29, 0.717) is 31.8 Å². The van der Waals surface area contributed by atoms with Gasteiger partial charge in [-0.3, -0.25) is 0 Å². The predicted molar refractivity (Wildman–Crippen MR) is 66.9 cm³/mol. The minimum Gasteiger partial charge on any atom is -0.466 e. The molecule has 0 radical (unpaired) electrons. The Morgan fingerprint density at radius 1 is 1.24 bits per heavy atom. The van der Waals surface area contributed by atoms with Crippen LogP contribution in [0.4, 0.5) is 0 Å². The van der Waals surface area contributed by atoms with Crippen LogP contribution in [0.3, 0.4) is 0 Å². The van der Waals surface area contributed by atoms with Crippen molar-refractivity contribution in [2.75, 3.05) is 26.9 Å². The van der Waals surface area contributed by atoms with Crippen LogP contribution in [0.2, 0.25) is 0 Å². The van der Waals surface area contributed by atoms with Crippen molar-refractivity contribution in [3.8, 4) is 0 Å². The average molecular weight is 244 g/mol. The summed E-state index contributed by atoms with van der Waals surface area (Å²) < 4.78 is 15.5. The molecule has 0 saturated heterocycles. The third-order valence-corrected chi connectivity index (χ3v) is 2.04. The van der Waals surface area contributed by atoms with Gasteiger partial charge in [-0.05, 0) is 33.3 Å². The normalized spacial score (nSPS) is 12.6. The number of hydrogen-bond acceptors (Lipinski definition) is 4. The van der Waals surface area contributed by atoms with Gasteiger partial charge in [0.15, 0.2) is 0 Å². The fourth-order valence-electron chi connectivity index (χ4n) is 1.15. The highest BCUT2D eigenvalue weighted by molar-refractivity contribution is 5.88. The summed E-state index contributed by atoms with van der Waals surface area (Å²) >= 11 is 0. The van der Waals surface area contributed by atoms with Crippen molar-refractivity contribution in [3.63, 3.8) is 0 Å². The predicted octanol–water partition coefficient (Wildman–Crippen LogP) is 2.33. The van der Waals surface area contributed by atoms with Crippen molar-refractivity contribution in [3.05, 3.63) is 11.6 Å². The molecule has 0 fully saturated rings. The molecule has 0 unspecified atom stereocenters. The van der Waals surface area contributed by atoms with Gasteiger partial charge in [0.05, 0.1) is 32.5 Å². The van der Waals surface area contributed by atoms with Crippen LogP contribution in [0.25, 0.3) is 0 Å². The van der Waals surface area contributed by atoms with Gasteiger partial charge in [-0.2, -0.15) is 0 Å². The summed E-state index contributed by atoms with van der Waals surface area (Å²) in [4.78, 5) is 11.2. The van der Waals surface area contributed by atoms with Crippen molar-refractivity contribution >= 4 is 5.97 Å². The van der Waals surface area contributed by atoms with Crippen molar-refractivity contribution in [2.24, 2.45) is 0 Å². The fourth-order valence-corrected chi connectivity index (χ4v) is 1.15. The third-order valence-electron chi connectivity index (χ3n) is 2.04. The Bertz CT molecular complexity index is 251. The SMILES string of the molecule is CCC(=CCOCCOC(C)(C)C)C(=O)OC. The van der Waals surface area contributed by atoms with Gasteiger partial charge in [0, 0.05) is 5.57 Å². The van der Waals surface area contributed by atoms with Gasteiger partial charge in [0.2, 0.25) is 0 Å². The number of carbonyl (C=O) groups excluding carboxylic acids is 1. The Labute approximate surface area is 104 Å². The maximum atomic E-state index is 11.2. The van der Waals surface area contributed by atoms with E-state index in [1.807, 2.05) is 27.7 Å². The van der Waals surface area contributed by atoms with Crippen LogP contribution in [0.5, 0.6) is 0 Å². The van der Waals surface area contributed by atoms with Crippen LogP contribution in [-0.4, -0.2) is 38.5 Å². The minimum absolute atomic E-state index is 0.139. The van der Waals surface area contributed by atoms with E-state index in [-0.39, 0.29) is 11.6 Å². The maximum absolute atomic E-state index is 11.2. The Hall–Kier alpha value is -0.870. The summed E-state index contributed by atoms with van der Waals surface area (Å²) in [6, 6.07) is 0. The second-order valence-electron chi connectivity index (χ2n) is 4.61. The van der Waals surface area contributed by atoms with E-state index < -0.39 is 0 Å². The number of hydrogen-bond donors (Lipinski definition) is 0. The molecule has 0 heterocycles. The first-order valence-corrected chi connectivity index (χ1v) is 5.89. The zero-order valence-electron chi connectivity index (χ0n) is 11.5. The van der Waals surface area contributed by atoms with Crippen molar-refractivity contribution in [2.45, 2.75) is 39.7 Å². The lowest BCUT2D eigenvalue weighted by atomic mass is 10.2. The topological polar surface area (TPSA) is 44.8 Å². The molecule has 0 aliphatic rings. The van der Waals surface area contributed by atoms with Crippen LogP contribution in [-0.2, 0) is 19.0 Å². The molecule has 0 aromatic carbocycles. The summed E-state index contributed by atoms with van der Waals surface area (Å²) in [5, 5.41) is 0. The molecule has 0 N–H and O–H groups in total. The molecule has 0 aliphatic carbocycles. The minimum atomic E-state index is -0.290. The lowest BCUT2D eigenvalue weighted by Crippen LogP contribution is -2.21. The van der Waals surface area contributed by atoms with Gasteiger partial charge in [0.1, 0.15) is 0 Å². The van der Waals surface area contributed by atoms with Gasteiger partial charge in [-0.1, -0.05) is 6.92 Å². The van der Waals surface area contributed by atoms with Gasteiger partial charge < -0.3 is 14.2 Å². The molecule has 17 heavy (non-hydrogen) atoms. The second-order valence-corrected chi connectivity index (χ2v) is 4.61. The van der Waals surface area contributed by atoms with E-state index >= 15 is 0 Å². The summed E-state index contributed by atoms with van der Waals surface area (Å²) in [6.45, 7) is 9.39. The van der Waals surface area contributed by atoms with E-state index in [2.05, 4.69) is 4.74 Å². The first-order chi connectivity index (χ1) is 7.90. The fraction of sp³-hybridized carbons (Fsp3) is 0.769. The molecule has 4 nitrogen and oxygen atoms in total. The zero-order chi connectivity index (χ0) is 13.3. The molecule has 0 aliphatic heterocycles. The molecule has 4 heteroatoms. The molecule has 0 spiro atoms. The van der Waals surface area contributed by atoms with E-state index in [4.69, 9.17) is 9.47 Å². The molecule has 0 rings (SSSR count). The molecule has 0 saturated carbocycles. The largest absolute Gasteiger partial charge is 0.466 e. The number of esters is 1. The average Bonchev–Trinajstić information content (AvgIpc) is 2.26. The standard InChI is InChI=1S/C13H24O4/c1-6-11(12(14)15-5)7-8-16-9-10-17-13(2,3)4/h7H,6,8-10H2,1-5H3. The Balaban J connectivity index is 3.75. The highest BCUT2D eigenvalue weighted by atomic mass is 16.5. The molecule has 0 atom stereocenters. The third kappa shape index (κ3) is 8.89. The molecule has 0 aromatic heterocycles. The van der Waals surface area contributed by atoms with Crippen molar-refractivity contribution < 1.29 is 19.0 Å². The summed E-state index contributed by atoms with van der Waals surface area (Å²) in [6.07, 6.45) is 2.40. The number of ether oxygens (including phenoxy) is 3. The van der Waals surface area contributed by atoms with Gasteiger partial charge >= 0.3 is 5.97 Å².